The zero-order valence-electron chi connectivity index (χ0n) is 12.7. The number of aryl methyl sites for hydroxylation is 1. The second-order valence-electron chi connectivity index (χ2n) is 5.26. The highest BCUT2D eigenvalue weighted by Gasteiger charge is 2.25. The lowest BCUT2D eigenvalue weighted by Gasteiger charge is -2.12. The molecule has 0 aliphatic carbocycles. The third kappa shape index (κ3) is 3.33. The topological polar surface area (TPSA) is 76.1 Å². The largest absolute Gasteiger partial charge is 0.307 e. The number of sulfone groups is 1. The number of carbonyl (C=O) groups excluding carboxylic acids is 1. The van der Waals surface area contributed by atoms with E-state index in [0.29, 0.717) is 5.82 Å². The number of nitrogens with one attached hydrogen (secondary N) is 1. The molecule has 6 heteroatoms. The molecule has 5 nitrogen and oxygen atoms in total. The number of pyridine rings is 1. The summed E-state index contributed by atoms with van der Waals surface area (Å²) in [4.78, 5) is 16.5. The van der Waals surface area contributed by atoms with Gasteiger partial charge in [-0.05, 0) is 50.6 Å². The molecular formula is C16H18N2O3S. The first-order valence-electron chi connectivity index (χ1n) is 6.89. The van der Waals surface area contributed by atoms with Gasteiger partial charge in [0.1, 0.15) is 5.82 Å². The third-order valence-electron chi connectivity index (χ3n) is 3.22. The number of anilines is 1. The van der Waals surface area contributed by atoms with Crippen LogP contribution in [-0.4, -0.2) is 24.6 Å². The Labute approximate surface area is 130 Å². The molecule has 116 valence electrons. The van der Waals surface area contributed by atoms with Gasteiger partial charge in [0, 0.05) is 6.20 Å². The maximum Gasteiger partial charge on any atom is 0.258 e. The van der Waals surface area contributed by atoms with Crippen molar-refractivity contribution in [1.29, 1.82) is 0 Å². The first kappa shape index (κ1) is 16.2. The molecule has 0 aliphatic heterocycles. The molecule has 1 aromatic carbocycles. The van der Waals surface area contributed by atoms with Crippen molar-refractivity contribution in [3.05, 3.63) is 53.7 Å². The van der Waals surface area contributed by atoms with Gasteiger partial charge in [-0.3, -0.25) is 4.79 Å². The lowest BCUT2D eigenvalue weighted by atomic mass is 10.2. The van der Waals surface area contributed by atoms with Gasteiger partial charge in [0.25, 0.3) is 5.91 Å². The number of hydrogen-bond donors (Lipinski definition) is 1. The minimum Gasteiger partial charge on any atom is -0.307 e. The molecule has 0 saturated carbocycles. The lowest BCUT2D eigenvalue weighted by molar-refractivity contribution is 0.102. The number of rotatable bonds is 4. The Hall–Kier alpha value is -2.21. The quantitative estimate of drug-likeness (QED) is 0.940. The lowest BCUT2D eigenvalue weighted by Crippen LogP contribution is -2.21. The van der Waals surface area contributed by atoms with Crippen LogP contribution >= 0.6 is 0 Å². The molecule has 0 saturated heterocycles. The van der Waals surface area contributed by atoms with E-state index in [1.807, 2.05) is 13.0 Å². The predicted molar refractivity (Wildman–Crippen MR) is 85.7 cm³/mol. The van der Waals surface area contributed by atoms with Crippen LogP contribution in [0.5, 0.6) is 0 Å². The average molecular weight is 318 g/mol. The van der Waals surface area contributed by atoms with Crippen molar-refractivity contribution in [3.8, 4) is 0 Å². The number of amides is 1. The minimum absolute atomic E-state index is 0.0372. The third-order valence-corrected chi connectivity index (χ3v) is 5.43. The van der Waals surface area contributed by atoms with Crippen LogP contribution < -0.4 is 5.32 Å². The number of benzene rings is 1. The summed E-state index contributed by atoms with van der Waals surface area (Å²) >= 11 is 0. The number of aromatic nitrogens is 1. The van der Waals surface area contributed by atoms with Crippen LogP contribution in [0.1, 0.15) is 29.8 Å². The van der Waals surface area contributed by atoms with Crippen molar-refractivity contribution in [2.24, 2.45) is 0 Å². The molecule has 0 aliphatic rings. The van der Waals surface area contributed by atoms with Crippen LogP contribution in [0.15, 0.2) is 47.5 Å². The highest BCUT2D eigenvalue weighted by molar-refractivity contribution is 7.92. The van der Waals surface area contributed by atoms with Crippen molar-refractivity contribution in [1.82, 2.24) is 4.98 Å². The number of carbonyl (C=O) groups is 1. The molecule has 2 rings (SSSR count). The Kier molecular flexibility index (Phi) is 4.61. The Bertz CT molecular complexity index is 799. The number of hydrogen-bond acceptors (Lipinski definition) is 4. The van der Waals surface area contributed by atoms with Gasteiger partial charge < -0.3 is 5.32 Å². The van der Waals surface area contributed by atoms with E-state index in [-0.39, 0.29) is 10.5 Å². The van der Waals surface area contributed by atoms with Gasteiger partial charge in [-0.15, -0.1) is 0 Å². The van der Waals surface area contributed by atoms with Gasteiger partial charge in [-0.25, -0.2) is 13.4 Å². The molecule has 0 atom stereocenters. The van der Waals surface area contributed by atoms with E-state index in [4.69, 9.17) is 0 Å². The Morgan fingerprint density at radius 2 is 1.86 bits per heavy atom. The summed E-state index contributed by atoms with van der Waals surface area (Å²) in [5.41, 5.74) is 1.08. The van der Waals surface area contributed by atoms with Gasteiger partial charge in [0.15, 0.2) is 9.84 Å². The van der Waals surface area contributed by atoms with E-state index >= 15 is 0 Å². The van der Waals surface area contributed by atoms with Gasteiger partial charge in [0.2, 0.25) is 0 Å². The summed E-state index contributed by atoms with van der Waals surface area (Å²) in [5.74, 6) is -0.0975. The van der Waals surface area contributed by atoms with Gasteiger partial charge in [0.05, 0.1) is 15.7 Å². The predicted octanol–water partition coefficient (Wildman–Crippen LogP) is 2.82. The molecule has 0 unspecified atom stereocenters. The van der Waals surface area contributed by atoms with E-state index in [9.17, 15) is 13.2 Å². The fourth-order valence-corrected chi connectivity index (χ4v) is 3.19. The van der Waals surface area contributed by atoms with Crippen LogP contribution in [-0.2, 0) is 9.84 Å². The van der Waals surface area contributed by atoms with Crippen molar-refractivity contribution in [2.45, 2.75) is 30.9 Å². The van der Waals surface area contributed by atoms with Crippen LogP contribution in [0, 0.1) is 6.92 Å². The highest BCUT2D eigenvalue weighted by Crippen LogP contribution is 2.21. The molecule has 0 bridgehead atoms. The SMILES string of the molecule is Cc1ccnc(NC(=O)c2ccccc2S(=O)(=O)C(C)C)c1. The average Bonchev–Trinajstić information content (AvgIpc) is 2.47. The maximum absolute atomic E-state index is 12.4. The summed E-state index contributed by atoms with van der Waals surface area (Å²) < 4.78 is 24.7. The maximum atomic E-state index is 12.4. The Balaban J connectivity index is 2.39. The highest BCUT2D eigenvalue weighted by atomic mass is 32.2. The smallest absolute Gasteiger partial charge is 0.258 e. The van der Waals surface area contributed by atoms with E-state index < -0.39 is 21.0 Å². The van der Waals surface area contributed by atoms with Crippen LogP contribution in [0.3, 0.4) is 0 Å². The van der Waals surface area contributed by atoms with Crippen molar-refractivity contribution < 1.29 is 13.2 Å². The summed E-state index contributed by atoms with van der Waals surface area (Å²) in [5, 5.41) is 2.04. The summed E-state index contributed by atoms with van der Waals surface area (Å²) in [7, 11) is -3.53. The first-order chi connectivity index (χ1) is 10.3. The molecule has 22 heavy (non-hydrogen) atoms. The summed E-state index contributed by atoms with van der Waals surface area (Å²) in [6, 6.07) is 9.73. The molecular weight excluding hydrogens is 300 g/mol. The molecule has 0 spiro atoms. The van der Waals surface area contributed by atoms with E-state index in [2.05, 4.69) is 10.3 Å². The van der Waals surface area contributed by atoms with Crippen LogP contribution in [0.25, 0.3) is 0 Å². The van der Waals surface area contributed by atoms with E-state index in [0.717, 1.165) is 5.56 Å². The normalized spacial score (nSPS) is 11.5. The van der Waals surface area contributed by atoms with Crippen LogP contribution in [0.2, 0.25) is 0 Å². The molecule has 1 heterocycles. The second-order valence-corrected chi connectivity index (χ2v) is 7.74. The van der Waals surface area contributed by atoms with Crippen molar-refractivity contribution in [3.63, 3.8) is 0 Å². The molecule has 1 amide bonds. The monoisotopic (exact) mass is 318 g/mol. The Morgan fingerprint density at radius 3 is 2.50 bits per heavy atom. The molecule has 2 aromatic rings. The fourth-order valence-electron chi connectivity index (χ4n) is 1.94. The van der Waals surface area contributed by atoms with Gasteiger partial charge in [-0.1, -0.05) is 12.1 Å². The molecule has 1 N–H and O–H groups in total. The fraction of sp³-hybridized carbons (Fsp3) is 0.250. The molecule has 0 fully saturated rings. The summed E-state index contributed by atoms with van der Waals surface area (Å²) in [6.45, 7) is 5.06. The van der Waals surface area contributed by atoms with E-state index in [1.54, 1.807) is 38.2 Å². The number of nitrogens with zero attached hydrogens (tertiary/aromatic N) is 1. The first-order valence-corrected chi connectivity index (χ1v) is 8.44. The molecule has 0 radical (unpaired) electrons. The standard InChI is InChI=1S/C16H18N2O3S/c1-11(2)22(20,21)14-7-5-4-6-13(14)16(19)18-15-10-12(3)8-9-17-15/h4-11H,1-3H3,(H,17,18,19). The minimum atomic E-state index is -3.53. The second kappa shape index (κ2) is 6.27. The molecule has 1 aromatic heterocycles. The van der Waals surface area contributed by atoms with Crippen LogP contribution in [0.4, 0.5) is 5.82 Å². The van der Waals surface area contributed by atoms with Crippen molar-refractivity contribution in [2.75, 3.05) is 5.32 Å². The summed E-state index contributed by atoms with van der Waals surface area (Å²) in [6.07, 6.45) is 1.59. The van der Waals surface area contributed by atoms with Crippen molar-refractivity contribution >= 4 is 21.6 Å². The van der Waals surface area contributed by atoms with Gasteiger partial charge in [-0.2, -0.15) is 0 Å². The van der Waals surface area contributed by atoms with E-state index in [1.165, 1.54) is 12.1 Å². The zero-order valence-corrected chi connectivity index (χ0v) is 13.5. The van der Waals surface area contributed by atoms with Gasteiger partial charge >= 0.3 is 0 Å². The Morgan fingerprint density at radius 1 is 1.18 bits per heavy atom. The zero-order chi connectivity index (χ0) is 16.3.